The van der Waals surface area contributed by atoms with Gasteiger partial charge in [0.25, 0.3) is 0 Å². The summed E-state index contributed by atoms with van der Waals surface area (Å²) in [5.41, 5.74) is 1.10. The van der Waals surface area contributed by atoms with E-state index in [9.17, 15) is 0 Å². The molecule has 2 aromatic rings. The summed E-state index contributed by atoms with van der Waals surface area (Å²) >= 11 is 5.14. The second-order valence-corrected chi connectivity index (χ2v) is 5.01. The van der Waals surface area contributed by atoms with E-state index in [0.29, 0.717) is 0 Å². The first kappa shape index (κ1) is 11.4. The van der Waals surface area contributed by atoms with Gasteiger partial charge in [0.1, 0.15) is 5.75 Å². The number of nitrogens with one attached hydrogen (secondary N) is 1. The van der Waals surface area contributed by atoms with Gasteiger partial charge in [-0.15, -0.1) is 0 Å². The predicted molar refractivity (Wildman–Crippen MR) is 71.3 cm³/mol. The fraction of sp³-hybridized carbons (Fsp3) is 0.182. The minimum absolute atomic E-state index is 0.845. The van der Waals surface area contributed by atoms with Crippen LogP contribution in [0.5, 0.6) is 5.75 Å². The van der Waals surface area contributed by atoms with E-state index in [1.807, 2.05) is 31.4 Å². The Morgan fingerprint density at radius 1 is 1.44 bits per heavy atom. The van der Waals surface area contributed by atoms with Gasteiger partial charge in [-0.05, 0) is 18.2 Å². The average Bonchev–Trinajstić information content (AvgIpc) is 2.78. The average molecular weight is 299 g/mol. The molecule has 0 atom stereocenters. The Balaban J connectivity index is 2.45. The number of methoxy groups -OCH3 is 1. The van der Waals surface area contributed by atoms with Crippen molar-refractivity contribution in [3.05, 3.63) is 28.9 Å². The van der Waals surface area contributed by atoms with Crippen LogP contribution in [0.3, 0.4) is 0 Å². The summed E-state index contributed by atoms with van der Waals surface area (Å²) in [6.07, 6.45) is 1.86. The summed E-state index contributed by atoms with van der Waals surface area (Å²) in [6.45, 7) is 0. The number of aromatic nitrogens is 1. The molecule has 0 spiro atoms. The van der Waals surface area contributed by atoms with Gasteiger partial charge >= 0.3 is 0 Å². The summed E-state index contributed by atoms with van der Waals surface area (Å²) in [7, 11) is 3.53. The van der Waals surface area contributed by atoms with Gasteiger partial charge in [-0.25, -0.2) is 4.98 Å². The topological polar surface area (TPSA) is 34.2 Å². The Hall–Kier alpha value is -1.07. The SMILES string of the molecule is CNc1ncc(-c2cc(OC)ccc2Br)s1. The molecule has 1 N–H and O–H groups in total. The van der Waals surface area contributed by atoms with Crippen molar-refractivity contribution in [2.24, 2.45) is 0 Å². The Kier molecular flexibility index (Phi) is 3.46. The molecule has 1 aromatic heterocycles. The third-order valence-corrected chi connectivity index (χ3v) is 3.90. The van der Waals surface area contributed by atoms with Crippen molar-refractivity contribution in [1.29, 1.82) is 0 Å². The Morgan fingerprint density at radius 3 is 2.88 bits per heavy atom. The van der Waals surface area contributed by atoms with E-state index in [2.05, 4.69) is 26.2 Å². The molecule has 0 fully saturated rings. The fourth-order valence-corrected chi connectivity index (χ4v) is 2.73. The van der Waals surface area contributed by atoms with Crippen LogP contribution in [-0.2, 0) is 0 Å². The molecule has 0 saturated heterocycles. The van der Waals surface area contributed by atoms with Gasteiger partial charge < -0.3 is 10.1 Å². The summed E-state index contributed by atoms with van der Waals surface area (Å²) in [5.74, 6) is 0.845. The summed E-state index contributed by atoms with van der Waals surface area (Å²) < 4.78 is 6.25. The molecule has 84 valence electrons. The van der Waals surface area contributed by atoms with Gasteiger partial charge in [-0.2, -0.15) is 0 Å². The van der Waals surface area contributed by atoms with Gasteiger partial charge in [-0.1, -0.05) is 27.3 Å². The minimum atomic E-state index is 0.845. The van der Waals surface area contributed by atoms with E-state index in [1.165, 1.54) is 0 Å². The van der Waals surface area contributed by atoms with Crippen LogP contribution in [0, 0.1) is 0 Å². The van der Waals surface area contributed by atoms with Crippen LogP contribution < -0.4 is 10.1 Å². The molecule has 0 aliphatic carbocycles. The van der Waals surface area contributed by atoms with E-state index >= 15 is 0 Å². The molecule has 0 amide bonds. The smallest absolute Gasteiger partial charge is 0.182 e. The lowest BCUT2D eigenvalue weighted by atomic mass is 10.2. The highest BCUT2D eigenvalue weighted by molar-refractivity contribution is 9.10. The molecular formula is C11H11BrN2OS. The Bertz CT molecular complexity index is 498. The van der Waals surface area contributed by atoms with Gasteiger partial charge in [0.15, 0.2) is 5.13 Å². The van der Waals surface area contributed by atoms with Crippen molar-refractivity contribution in [3.8, 4) is 16.2 Å². The lowest BCUT2D eigenvalue weighted by Gasteiger charge is -2.04. The van der Waals surface area contributed by atoms with E-state index in [1.54, 1.807) is 18.4 Å². The van der Waals surface area contributed by atoms with Crippen LogP contribution >= 0.6 is 27.3 Å². The van der Waals surface area contributed by atoms with Crippen molar-refractivity contribution in [2.45, 2.75) is 0 Å². The highest BCUT2D eigenvalue weighted by Gasteiger charge is 2.08. The number of hydrogen-bond donors (Lipinski definition) is 1. The molecule has 0 bridgehead atoms. The second kappa shape index (κ2) is 4.84. The third-order valence-electron chi connectivity index (χ3n) is 2.16. The molecule has 2 rings (SSSR count). The number of rotatable bonds is 3. The van der Waals surface area contributed by atoms with E-state index in [0.717, 1.165) is 25.8 Å². The number of benzene rings is 1. The molecule has 1 aromatic carbocycles. The molecule has 5 heteroatoms. The molecular weight excluding hydrogens is 288 g/mol. The van der Waals surface area contributed by atoms with Gasteiger partial charge in [0.2, 0.25) is 0 Å². The highest BCUT2D eigenvalue weighted by Crippen LogP contribution is 2.36. The van der Waals surface area contributed by atoms with Crippen LogP contribution in [0.2, 0.25) is 0 Å². The summed E-state index contributed by atoms with van der Waals surface area (Å²) in [4.78, 5) is 5.36. The molecule has 0 radical (unpaired) electrons. The number of halogens is 1. The maximum absolute atomic E-state index is 5.21. The van der Waals surface area contributed by atoms with Crippen molar-refractivity contribution in [2.75, 3.05) is 19.5 Å². The first-order chi connectivity index (χ1) is 7.74. The van der Waals surface area contributed by atoms with Crippen molar-refractivity contribution in [3.63, 3.8) is 0 Å². The van der Waals surface area contributed by atoms with E-state index < -0.39 is 0 Å². The van der Waals surface area contributed by atoms with E-state index in [4.69, 9.17) is 4.74 Å². The monoisotopic (exact) mass is 298 g/mol. The van der Waals surface area contributed by atoms with Crippen LogP contribution in [-0.4, -0.2) is 19.1 Å². The first-order valence-corrected chi connectivity index (χ1v) is 6.33. The third kappa shape index (κ3) is 2.20. The Labute approximate surface area is 107 Å². The van der Waals surface area contributed by atoms with Gasteiger partial charge in [0.05, 0.1) is 12.0 Å². The molecule has 1 heterocycles. The zero-order valence-electron chi connectivity index (χ0n) is 8.95. The standard InChI is InChI=1S/C11H11BrN2OS/c1-13-11-14-6-10(16-11)8-5-7(15-2)3-4-9(8)12/h3-6H,1-2H3,(H,13,14). The lowest BCUT2D eigenvalue weighted by molar-refractivity contribution is 0.415. The maximum Gasteiger partial charge on any atom is 0.182 e. The predicted octanol–water partition coefficient (Wildman–Crippen LogP) is 3.62. The quantitative estimate of drug-likeness (QED) is 0.940. The summed E-state index contributed by atoms with van der Waals surface area (Å²) in [5, 5.41) is 3.93. The van der Waals surface area contributed by atoms with Crippen molar-refractivity contribution < 1.29 is 4.74 Å². The van der Waals surface area contributed by atoms with E-state index in [-0.39, 0.29) is 0 Å². The zero-order valence-corrected chi connectivity index (χ0v) is 11.4. The summed E-state index contributed by atoms with van der Waals surface area (Å²) in [6, 6.07) is 5.90. The molecule has 3 nitrogen and oxygen atoms in total. The molecule has 0 saturated carbocycles. The first-order valence-electron chi connectivity index (χ1n) is 4.72. The van der Waals surface area contributed by atoms with Crippen molar-refractivity contribution >= 4 is 32.4 Å². The van der Waals surface area contributed by atoms with Crippen molar-refractivity contribution in [1.82, 2.24) is 4.98 Å². The van der Waals surface area contributed by atoms with Crippen LogP contribution in [0.25, 0.3) is 10.4 Å². The highest BCUT2D eigenvalue weighted by atomic mass is 79.9. The molecule has 16 heavy (non-hydrogen) atoms. The number of anilines is 1. The normalized spacial score (nSPS) is 10.2. The van der Waals surface area contributed by atoms with Crippen LogP contribution in [0.1, 0.15) is 0 Å². The number of ether oxygens (including phenoxy) is 1. The largest absolute Gasteiger partial charge is 0.497 e. The van der Waals surface area contributed by atoms with Crippen LogP contribution in [0.15, 0.2) is 28.9 Å². The Morgan fingerprint density at radius 2 is 2.25 bits per heavy atom. The number of hydrogen-bond acceptors (Lipinski definition) is 4. The number of nitrogens with zero attached hydrogens (tertiary/aromatic N) is 1. The maximum atomic E-state index is 5.21. The fourth-order valence-electron chi connectivity index (χ4n) is 1.33. The molecule has 0 unspecified atom stereocenters. The van der Waals surface area contributed by atoms with Crippen LogP contribution in [0.4, 0.5) is 5.13 Å². The minimum Gasteiger partial charge on any atom is -0.497 e. The lowest BCUT2D eigenvalue weighted by Crippen LogP contribution is -1.83. The molecule has 0 aliphatic rings. The zero-order chi connectivity index (χ0) is 11.5. The molecule has 0 aliphatic heterocycles. The number of thiazole rings is 1. The van der Waals surface area contributed by atoms with Gasteiger partial charge in [0, 0.05) is 23.3 Å². The second-order valence-electron chi connectivity index (χ2n) is 3.13. The van der Waals surface area contributed by atoms with Gasteiger partial charge in [-0.3, -0.25) is 0 Å².